The number of aromatic nitrogens is 1. The van der Waals surface area contributed by atoms with Gasteiger partial charge in [-0.25, -0.2) is 13.1 Å². The van der Waals surface area contributed by atoms with E-state index in [9.17, 15) is 8.42 Å². The number of nitrogens with zero attached hydrogens (tertiary/aromatic N) is 1. The van der Waals surface area contributed by atoms with Gasteiger partial charge in [-0.15, -0.1) is 0 Å². The summed E-state index contributed by atoms with van der Waals surface area (Å²) in [7, 11) is -3.51. The lowest BCUT2D eigenvalue weighted by Crippen LogP contribution is -2.23. The van der Waals surface area contributed by atoms with Crippen LogP contribution in [-0.2, 0) is 23.0 Å². The zero-order valence-electron chi connectivity index (χ0n) is 11.8. The minimum Gasteiger partial charge on any atom is -0.384 e. The highest BCUT2D eigenvalue weighted by Crippen LogP contribution is 2.25. The number of aryl methyl sites for hydroxylation is 1. The quantitative estimate of drug-likeness (QED) is 0.904. The van der Waals surface area contributed by atoms with Crippen molar-refractivity contribution in [1.82, 2.24) is 9.71 Å². The molecule has 1 aliphatic rings. The van der Waals surface area contributed by atoms with Crippen molar-refractivity contribution in [2.24, 2.45) is 0 Å². The Balaban J connectivity index is 1.80. The van der Waals surface area contributed by atoms with E-state index >= 15 is 0 Å². The molecule has 0 fully saturated rings. The van der Waals surface area contributed by atoms with Gasteiger partial charge in [0.15, 0.2) is 0 Å². The van der Waals surface area contributed by atoms with Crippen molar-refractivity contribution in [3.05, 3.63) is 53.3 Å². The average molecular weight is 303 g/mol. The van der Waals surface area contributed by atoms with Gasteiger partial charge >= 0.3 is 0 Å². The first-order valence-corrected chi connectivity index (χ1v) is 8.30. The number of sulfonamides is 1. The van der Waals surface area contributed by atoms with Crippen LogP contribution < -0.4 is 10.0 Å². The molecular weight excluding hydrogens is 286 g/mol. The van der Waals surface area contributed by atoms with Crippen LogP contribution in [-0.4, -0.2) is 19.9 Å². The Morgan fingerprint density at radius 3 is 3.00 bits per heavy atom. The van der Waals surface area contributed by atoms with Gasteiger partial charge in [0.25, 0.3) is 0 Å². The lowest BCUT2D eigenvalue weighted by molar-refractivity contribution is 0.581. The van der Waals surface area contributed by atoms with E-state index in [-0.39, 0.29) is 11.4 Å². The molecule has 0 atom stereocenters. The number of benzene rings is 1. The molecule has 0 unspecified atom stereocenters. The van der Waals surface area contributed by atoms with Crippen LogP contribution in [0, 0.1) is 6.92 Å². The molecule has 1 aliphatic heterocycles. The van der Waals surface area contributed by atoms with Crippen LogP contribution in [0.1, 0.15) is 16.7 Å². The zero-order chi connectivity index (χ0) is 14.9. The molecule has 1 aromatic heterocycles. The molecule has 0 saturated heterocycles. The fourth-order valence-corrected chi connectivity index (χ4v) is 3.41. The Morgan fingerprint density at radius 1 is 1.33 bits per heavy atom. The first-order valence-electron chi connectivity index (χ1n) is 6.82. The van der Waals surface area contributed by atoms with Crippen molar-refractivity contribution >= 4 is 15.7 Å². The van der Waals surface area contributed by atoms with Crippen LogP contribution in [0.15, 0.2) is 41.6 Å². The standard InChI is InChI=1S/C15H17N3O2S/c1-11-4-6-16-9-13(11)10-18-21(19,20)14-3-2-12-5-7-17-15(12)8-14/h2-4,6,8-9,17-18H,5,7,10H2,1H3. The molecular formula is C15H17N3O2S. The average Bonchev–Trinajstić information content (AvgIpc) is 2.94. The second-order valence-corrected chi connectivity index (χ2v) is 6.89. The summed E-state index contributed by atoms with van der Waals surface area (Å²) in [6.07, 6.45) is 4.32. The molecule has 2 N–H and O–H groups in total. The van der Waals surface area contributed by atoms with E-state index in [1.165, 1.54) is 0 Å². The SMILES string of the molecule is Cc1ccncc1CNS(=O)(=O)c1ccc2c(c1)NCC2. The molecule has 1 aromatic carbocycles. The van der Waals surface area contributed by atoms with E-state index in [0.717, 1.165) is 35.3 Å². The summed E-state index contributed by atoms with van der Waals surface area (Å²) < 4.78 is 27.3. The number of pyridine rings is 1. The van der Waals surface area contributed by atoms with Crippen LogP contribution in [0.4, 0.5) is 5.69 Å². The molecule has 5 nitrogen and oxygen atoms in total. The number of rotatable bonds is 4. The molecule has 2 aromatic rings. The Kier molecular flexibility index (Phi) is 3.65. The monoisotopic (exact) mass is 303 g/mol. The van der Waals surface area contributed by atoms with Crippen LogP contribution in [0.5, 0.6) is 0 Å². The van der Waals surface area contributed by atoms with Crippen molar-refractivity contribution < 1.29 is 8.42 Å². The number of hydrogen-bond acceptors (Lipinski definition) is 4. The highest BCUT2D eigenvalue weighted by molar-refractivity contribution is 7.89. The molecule has 6 heteroatoms. The Bertz CT molecular complexity index is 772. The molecule has 21 heavy (non-hydrogen) atoms. The number of hydrogen-bond donors (Lipinski definition) is 2. The third kappa shape index (κ3) is 2.91. The van der Waals surface area contributed by atoms with Crippen molar-refractivity contribution in [1.29, 1.82) is 0 Å². The van der Waals surface area contributed by atoms with Gasteiger partial charge in [0, 0.05) is 31.2 Å². The van der Waals surface area contributed by atoms with Gasteiger partial charge < -0.3 is 5.32 Å². The predicted molar refractivity (Wildman–Crippen MR) is 81.6 cm³/mol. The van der Waals surface area contributed by atoms with Gasteiger partial charge in [0.1, 0.15) is 0 Å². The van der Waals surface area contributed by atoms with E-state index in [1.54, 1.807) is 24.5 Å². The van der Waals surface area contributed by atoms with Crippen molar-refractivity contribution in [2.45, 2.75) is 24.8 Å². The van der Waals surface area contributed by atoms with Crippen LogP contribution in [0.2, 0.25) is 0 Å². The van der Waals surface area contributed by atoms with E-state index in [1.807, 2.05) is 19.1 Å². The smallest absolute Gasteiger partial charge is 0.240 e. The van der Waals surface area contributed by atoms with Gasteiger partial charge in [0.2, 0.25) is 10.0 Å². The van der Waals surface area contributed by atoms with Crippen molar-refractivity contribution in [3.8, 4) is 0 Å². The van der Waals surface area contributed by atoms with E-state index in [2.05, 4.69) is 15.0 Å². The predicted octanol–water partition coefficient (Wildman–Crippen LogP) is 1.84. The van der Waals surface area contributed by atoms with Crippen molar-refractivity contribution in [3.63, 3.8) is 0 Å². The lowest BCUT2D eigenvalue weighted by atomic mass is 10.2. The van der Waals surface area contributed by atoms with Gasteiger partial charge in [0.05, 0.1) is 4.90 Å². The minimum absolute atomic E-state index is 0.243. The molecule has 0 bridgehead atoms. The third-order valence-corrected chi connectivity index (χ3v) is 5.10. The number of fused-ring (bicyclic) bond motifs is 1. The number of nitrogens with one attached hydrogen (secondary N) is 2. The fourth-order valence-electron chi connectivity index (χ4n) is 2.37. The highest BCUT2D eigenvalue weighted by atomic mass is 32.2. The third-order valence-electron chi connectivity index (χ3n) is 3.70. The van der Waals surface area contributed by atoms with Crippen LogP contribution in [0.25, 0.3) is 0 Å². The summed E-state index contributed by atoms with van der Waals surface area (Å²) in [4.78, 5) is 4.31. The largest absolute Gasteiger partial charge is 0.384 e. The maximum Gasteiger partial charge on any atom is 0.240 e. The normalized spacial score (nSPS) is 13.8. The van der Waals surface area contributed by atoms with Crippen LogP contribution >= 0.6 is 0 Å². The maximum atomic E-state index is 12.4. The zero-order valence-corrected chi connectivity index (χ0v) is 12.6. The summed E-state index contributed by atoms with van der Waals surface area (Å²) in [6, 6.07) is 7.09. The first kappa shape index (κ1) is 14.0. The summed E-state index contributed by atoms with van der Waals surface area (Å²) >= 11 is 0. The van der Waals surface area contributed by atoms with Gasteiger partial charge in [-0.3, -0.25) is 4.98 Å². The van der Waals surface area contributed by atoms with E-state index < -0.39 is 10.0 Å². The molecule has 0 radical (unpaired) electrons. The summed E-state index contributed by atoms with van der Waals surface area (Å²) in [5.74, 6) is 0. The van der Waals surface area contributed by atoms with Gasteiger partial charge in [-0.05, 0) is 48.2 Å². The van der Waals surface area contributed by atoms with Gasteiger partial charge in [-0.1, -0.05) is 6.07 Å². The maximum absolute atomic E-state index is 12.4. The second-order valence-electron chi connectivity index (χ2n) is 5.12. The minimum atomic E-state index is -3.51. The first-order chi connectivity index (χ1) is 10.1. The molecule has 2 heterocycles. The topological polar surface area (TPSA) is 71.1 Å². The van der Waals surface area contributed by atoms with E-state index in [0.29, 0.717) is 0 Å². The Hall–Kier alpha value is -1.92. The summed E-state index contributed by atoms with van der Waals surface area (Å²) in [5.41, 5.74) is 3.97. The molecule has 0 saturated carbocycles. The van der Waals surface area contributed by atoms with Crippen LogP contribution in [0.3, 0.4) is 0 Å². The van der Waals surface area contributed by atoms with E-state index in [4.69, 9.17) is 0 Å². The fraction of sp³-hybridized carbons (Fsp3) is 0.267. The Labute approximate surface area is 124 Å². The second kappa shape index (κ2) is 5.46. The summed E-state index contributed by atoms with van der Waals surface area (Å²) in [6.45, 7) is 3.04. The van der Waals surface area contributed by atoms with Crippen molar-refractivity contribution in [2.75, 3.05) is 11.9 Å². The molecule has 110 valence electrons. The molecule has 0 aliphatic carbocycles. The molecule has 3 rings (SSSR count). The molecule has 0 spiro atoms. The number of anilines is 1. The van der Waals surface area contributed by atoms with Gasteiger partial charge in [-0.2, -0.15) is 0 Å². The highest BCUT2D eigenvalue weighted by Gasteiger charge is 2.18. The Morgan fingerprint density at radius 2 is 2.19 bits per heavy atom. The molecule has 0 amide bonds. The summed E-state index contributed by atoms with van der Waals surface area (Å²) in [5, 5.41) is 3.19. The lowest BCUT2D eigenvalue weighted by Gasteiger charge is -2.09.